The monoisotopic (exact) mass is 335 g/mol. The number of imidazole rings is 1. The van der Waals surface area contributed by atoms with Crippen LogP contribution in [0.25, 0.3) is 11.0 Å². The molecule has 0 spiro atoms. The molecule has 0 saturated heterocycles. The number of nitrogens with one attached hydrogen (secondary N) is 3. The van der Waals surface area contributed by atoms with E-state index in [1.54, 1.807) is 36.4 Å². The highest BCUT2D eigenvalue weighted by atomic mass is 35.5. The number of carbonyl (C=O) groups excluding carboxylic acids is 1. The summed E-state index contributed by atoms with van der Waals surface area (Å²) in [6.07, 6.45) is 0.159. The molecule has 1 amide bonds. The molecule has 1 heterocycles. The first kappa shape index (κ1) is 14.7. The molecule has 0 aliphatic carbocycles. The van der Waals surface area contributed by atoms with Crippen LogP contribution in [0.15, 0.2) is 41.2 Å². The molecule has 7 heteroatoms. The summed E-state index contributed by atoms with van der Waals surface area (Å²) in [5, 5.41) is 3.41. The summed E-state index contributed by atoms with van der Waals surface area (Å²) < 4.78 is 0. The molecule has 3 aromatic rings. The van der Waals surface area contributed by atoms with E-state index in [-0.39, 0.29) is 18.0 Å². The van der Waals surface area contributed by atoms with Crippen LogP contribution in [0, 0.1) is 0 Å². The Labute approximate surface area is 135 Å². The maximum atomic E-state index is 12.1. The molecule has 1 aromatic heterocycles. The summed E-state index contributed by atoms with van der Waals surface area (Å²) in [6, 6.07) is 10.3. The van der Waals surface area contributed by atoms with Gasteiger partial charge >= 0.3 is 5.69 Å². The molecule has 5 nitrogen and oxygen atoms in total. The quantitative estimate of drug-likeness (QED) is 0.686. The average molecular weight is 336 g/mol. The lowest BCUT2D eigenvalue weighted by atomic mass is 10.1. The minimum absolute atomic E-state index is 0.159. The van der Waals surface area contributed by atoms with Crippen molar-refractivity contribution >= 4 is 45.8 Å². The van der Waals surface area contributed by atoms with E-state index < -0.39 is 0 Å². The van der Waals surface area contributed by atoms with Gasteiger partial charge in [0.05, 0.1) is 33.2 Å². The molecule has 3 rings (SSSR count). The highest BCUT2D eigenvalue weighted by Gasteiger charge is 2.10. The number of rotatable bonds is 3. The van der Waals surface area contributed by atoms with Gasteiger partial charge in [-0.15, -0.1) is 0 Å². The predicted molar refractivity (Wildman–Crippen MR) is 87.7 cm³/mol. The normalized spacial score (nSPS) is 10.8. The zero-order valence-corrected chi connectivity index (χ0v) is 12.8. The summed E-state index contributed by atoms with van der Waals surface area (Å²) in [7, 11) is 0. The lowest BCUT2D eigenvalue weighted by Crippen LogP contribution is -2.14. The average Bonchev–Trinajstić information content (AvgIpc) is 2.83. The van der Waals surface area contributed by atoms with Crippen LogP contribution in [0.3, 0.4) is 0 Å². The van der Waals surface area contributed by atoms with Gasteiger partial charge in [-0.25, -0.2) is 4.79 Å². The Morgan fingerprint density at radius 2 is 1.86 bits per heavy atom. The fraction of sp³-hybridized carbons (Fsp3) is 0.0667. The summed E-state index contributed by atoms with van der Waals surface area (Å²) in [5.74, 6) is -0.221. The van der Waals surface area contributed by atoms with Gasteiger partial charge in [0.15, 0.2) is 0 Å². The maximum Gasteiger partial charge on any atom is 0.323 e. The van der Waals surface area contributed by atoms with E-state index in [1.807, 2.05) is 0 Å². The molecule has 0 atom stereocenters. The number of hydrogen-bond donors (Lipinski definition) is 3. The van der Waals surface area contributed by atoms with Gasteiger partial charge in [-0.3, -0.25) is 4.79 Å². The highest BCUT2D eigenvalue weighted by Crippen LogP contribution is 2.29. The van der Waals surface area contributed by atoms with Gasteiger partial charge in [0.25, 0.3) is 0 Å². The van der Waals surface area contributed by atoms with Crippen molar-refractivity contribution < 1.29 is 4.79 Å². The van der Waals surface area contributed by atoms with Crippen molar-refractivity contribution in [3.63, 3.8) is 0 Å². The Hall–Kier alpha value is -2.24. The first-order chi connectivity index (χ1) is 10.5. The number of aromatic amines is 2. The number of hydrogen-bond acceptors (Lipinski definition) is 2. The van der Waals surface area contributed by atoms with E-state index in [2.05, 4.69) is 15.3 Å². The zero-order valence-electron chi connectivity index (χ0n) is 11.2. The van der Waals surface area contributed by atoms with Gasteiger partial charge < -0.3 is 15.3 Å². The highest BCUT2D eigenvalue weighted by molar-refractivity contribution is 6.43. The second-order valence-electron chi connectivity index (χ2n) is 4.79. The van der Waals surface area contributed by atoms with Crippen molar-refractivity contribution in [2.24, 2.45) is 0 Å². The molecule has 112 valence electrons. The third kappa shape index (κ3) is 3.00. The molecule has 0 radical (unpaired) electrons. The van der Waals surface area contributed by atoms with Crippen molar-refractivity contribution in [3.05, 3.63) is 62.5 Å². The zero-order chi connectivity index (χ0) is 15.7. The molecule has 2 aromatic carbocycles. The fourth-order valence-electron chi connectivity index (χ4n) is 2.17. The van der Waals surface area contributed by atoms with Crippen molar-refractivity contribution in [2.75, 3.05) is 5.32 Å². The maximum absolute atomic E-state index is 12.1. The lowest BCUT2D eigenvalue weighted by Gasteiger charge is -2.08. The molecular weight excluding hydrogens is 325 g/mol. The Kier molecular flexibility index (Phi) is 3.92. The number of halogens is 2. The predicted octanol–water partition coefficient (Wildman–Crippen LogP) is 3.34. The SMILES string of the molecule is O=C(Cc1ccc2[nH]c(=O)[nH]c2c1)Nc1cccc(Cl)c1Cl. The van der Waals surface area contributed by atoms with Crippen LogP contribution in [-0.2, 0) is 11.2 Å². The number of carbonyl (C=O) groups is 1. The Morgan fingerprint density at radius 1 is 1.09 bits per heavy atom. The van der Waals surface area contributed by atoms with Gasteiger partial charge in [-0.2, -0.15) is 0 Å². The minimum Gasteiger partial charge on any atom is -0.324 e. The van der Waals surface area contributed by atoms with Gasteiger partial charge in [0, 0.05) is 0 Å². The summed E-state index contributed by atoms with van der Waals surface area (Å²) in [4.78, 5) is 28.6. The lowest BCUT2D eigenvalue weighted by molar-refractivity contribution is -0.115. The van der Waals surface area contributed by atoms with Crippen molar-refractivity contribution in [2.45, 2.75) is 6.42 Å². The van der Waals surface area contributed by atoms with Gasteiger partial charge in [-0.1, -0.05) is 35.3 Å². The molecule has 0 fully saturated rings. The van der Waals surface area contributed by atoms with Crippen molar-refractivity contribution in [1.29, 1.82) is 0 Å². The fourth-order valence-corrected chi connectivity index (χ4v) is 2.52. The third-order valence-corrected chi connectivity index (χ3v) is 3.99. The number of H-pyrrole nitrogens is 2. The van der Waals surface area contributed by atoms with Crippen LogP contribution >= 0.6 is 23.2 Å². The standard InChI is InChI=1S/C15H11Cl2N3O2/c16-9-2-1-3-11(14(9)17)18-13(21)7-8-4-5-10-12(6-8)20-15(22)19-10/h1-6H,7H2,(H,18,21)(H2,19,20,22). The Morgan fingerprint density at radius 3 is 2.68 bits per heavy atom. The summed E-state index contributed by atoms with van der Waals surface area (Å²) in [6.45, 7) is 0. The van der Waals surface area contributed by atoms with Gasteiger partial charge in [0.2, 0.25) is 5.91 Å². The van der Waals surface area contributed by atoms with Gasteiger partial charge in [0.1, 0.15) is 0 Å². The molecule has 22 heavy (non-hydrogen) atoms. The minimum atomic E-state index is -0.276. The van der Waals surface area contributed by atoms with E-state index in [0.29, 0.717) is 26.8 Å². The smallest absolute Gasteiger partial charge is 0.323 e. The van der Waals surface area contributed by atoms with Crippen LogP contribution in [0.4, 0.5) is 5.69 Å². The van der Waals surface area contributed by atoms with Crippen LogP contribution in [0.2, 0.25) is 10.0 Å². The number of aromatic nitrogens is 2. The molecule has 0 saturated carbocycles. The Bertz CT molecular complexity index is 915. The van der Waals surface area contributed by atoms with E-state index in [4.69, 9.17) is 23.2 Å². The molecule has 0 aliphatic rings. The van der Waals surface area contributed by atoms with Crippen molar-refractivity contribution in [3.8, 4) is 0 Å². The van der Waals surface area contributed by atoms with Crippen LogP contribution in [0.5, 0.6) is 0 Å². The van der Waals surface area contributed by atoms with E-state index in [1.165, 1.54) is 0 Å². The Balaban J connectivity index is 1.77. The topological polar surface area (TPSA) is 77.8 Å². The molecular formula is C15H11Cl2N3O2. The number of fused-ring (bicyclic) bond motifs is 1. The molecule has 0 aliphatic heterocycles. The summed E-state index contributed by atoms with van der Waals surface area (Å²) in [5.41, 5.74) is 2.33. The van der Waals surface area contributed by atoms with Crippen LogP contribution in [-0.4, -0.2) is 15.9 Å². The van der Waals surface area contributed by atoms with Crippen molar-refractivity contribution in [1.82, 2.24) is 9.97 Å². The van der Waals surface area contributed by atoms with E-state index in [9.17, 15) is 9.59 Å². The van der Waals surface area contributed by atoms with Gasteiger partial charge in [-0.05, 0) is 29.8 Å². The number of benzene rings is 2. The third-order valence-electron chi connectivity index (χ3n) is 3.17. The second kappa shape index (κ2) is 5.87. The number of anilines is 1. The second-order valence-corrected chi connectivity index (χ2v) is 5.57. The van der Waals surface area contributed by atoms with E-state index in [0.717, 1.165) is 5.56 Å². The van der Waals surface area contributed by atoms with Crippen LogP contribution in [0.1, 0.15) is 5.56 Å². The van der Waals surface area contributed by atoms with E-state index >= 15 is 0 Å². The number of amides is 1. The molecule has 0 unspecified atom stereocenters. The van der Waals surface area contributed by atoms with Crippen LogP contribution < -0.4 is 11.0 Å². The molecule has 3 N–H and O–H groups in total. The first-order valence-corrected chi connectivity index (χ1v) is 7.23. The largest absolute Gasteiger partial charge is 0.324 e. The first-order valence-electron chi connectivity index (χ1n) is 6.48. The molecule has 0 bridgehead atoms. The summed E-state index contributed by atoms with van der Waals surface area (Å²) >= 11 is 11.9.